The summed E-state index contributed by atoms with van der Waals surface area (Å²) in [6.45, 7) is 2.03. The first-order chi connectivity index (χ1) is 13.6. The van der Waals surface area contributed by atoms with Gasteiger partial charge in [-0.05, 0) is 30.2 Å². The Labute approximate surface area is 165 Å². The number of para-hydroxylation sites is 2. The van der Waals surface area contributed by atoms with E-state index in [1.807, 2.05) is 55.5 Å². The molecule has 1 aromatic heterocycles. The van der Waals surface area contributed by atoms with Crippen LogP contribution in [0, 0.1) is 0 Å². The van der Waals surface area contributed by atoms with Crippen molar-refractivity contribution in [3.8, 4) is 0 Å². The lowest BCUT2D eigenvalue weighted by atomic mass is 10.1. The number of nitrogens with one attached hydrogen (secondary N) is 4. The van der Waals surface area contributed by atoms with Crippen molar-refractivity contribution in [2.24, 2.45) is 0 Å². The number of thiazole rings is 1. The number of fused-ring (bicyclic) bond motifs is 1. The highest BCUT2D eigenvalue weighted by Gasteiger charge is 2.31. The number of amides is 2. The van der Waals surface area contributed by atoms with Crippen molar-refractivity contribution in [1.29, 1.82) is 0 Å². The first kappa shape index (κ1) is 18.1. The van der Waals surface area contributed by atoms with Gasteiger partial charge in [-0.3, -0.25) is 14.6 Å². The summed E-state index contributed by atoms with van der Waals surface area (Å²) >= 11 is 1.47. The summed E-state index contributed by atoms with van der Waals surface area (Å²) in [5.41, 5.74) is 2.69. The summed E-state index contributed by atoms with van der Waals surface area (Å²) < 4.78 is 1.04. The third-order valence-corrected chi connectivity index (χ3v) is 5.42. The normalized spacial score (nSPS) is 16.4. The summed E-state index contributed by atoms with van der Waals surface area (Å²) in [6.07, 6.45) is 0.872. The van der Waals surface area contributed by atoms with Gasteiger partial charge >= 0.3 is 5.96 Å². The van der Waals surface area contributed by atoms with Crippen molar-refractivity contribution in [2.75, 3.05) is 10.6 Å². The van der Waals surface area contributed by atoms with E-state index in [9.17, 15) is 9.59 Å². The molecule has 2 heterocycles. The molecule has 0 fully saturated rings. The van der Waals surface area contributed by atoms with Gasteiger partial charge in [0.2, 0.25) is 0 Å². The Morgan fingerprint density at radius 1 is 1.25 bits per heavy atom. The van der Waals surface area contributed by atoms with Crippen LogP contribution in [0.25, 0.3) is 10.2 Å². The molecule has 0 bridgehead atoms. The van der Waals surface area contributed by atoms with Crippen LogP contribution in [0.15, 0.2) is 48.5 Å². The molecule has 0 unspecified atom stereocenters. The lowest BCUT2D eigenvalue weighted by Crippen LogP contribution is -2.89. The second-order valence-corrected chi connectivity index (χ2v) is 7.47. The predicted octanol–water partition coefficient (Wildman–Crippen LogP) is 1.23. The van der Waals surface area contributed by atoms with Gasteiger partial charge in [0.05, 0.1) is 16.6 Å². The number of benzene rings is 2. The smallest absolute Gasteiger partial charge is 0.323 e. The number of hydrogen-bond acceptors (Lipinski definition) is 5. The minimum Gasteiger partial charge on any atom is -0.323 e. The van der Waals surface area contributed by atoms with Gasteiger partial charge in [0.1, 0.15) is 0 Å². The van der Waals surface area contributed by atoms with E-state index < -0.39 is 6.04 Å². The topological polar surface area (TPSA) is 97.1 Å². The maximum atomic E-state index is 12.7. The van der Waals surface area contributed by atoms with Crippen LogP contribution in [0.3, 0.4) is 0 Å². The minimum atomic E-state index is -0.671. The molecule has 8 heteroatoms. The average molecular weight is 394 g/mol. The molecule has 0 radical (unpaired) electrons. The summed E-state index contributed by atoms with van der Waals surface area (Å²) in [6, 6.07) is 14.8. The Bertz CT molecular complexity index is 1040. The summed E-state index contributed by atoms with van der Waals surface area (Å²) in [5.74, 6) is -0.120. The van der Waals surface area contributed by atoms with Crippen molar-refractivity contribution in [3.05, 3.63) is 54.1 Å². The van der Waals surface area contributed by atoms with E-state index in [0.717, 1.165) is 27.9 Å². The Morgan fingerprint density at radius 2 is 2.04 bits per heavy atom. The van der Waals surface area contributed by atoms with Crippen molar-refractivity contribution < 1.29 is 14.6 Å². The number of anilines is 2. The monoisotopic (exact) mass is 394 g/mol. The van der Waals surface area contributed by atoms with E-state index in [-0.39, 0.29) is 18.2 Å². The number of rotatable bonds is 4. The van der Waals surface area contributed by atoms with Crippen LogP contribution in [0.5, 0.6) is 0 Å². The molecule has 2 amide bonds. The molecule has 0 aliphatic carbocycles. The quantitative estimate of drug-likeness (QED) is 0.535. The number of aromatic nitrogens is 1. The van der Waals surface area contributed by atoms with E-state index in [4.69, 9.17) is 0 Å². The van der Waals surface area contributed by atoms with Gasteiger partial charge in [-0.1, -0.05) is 48.6 Å². The van der Waals surface area contributed by atoms with Gasteiger partial charge in [0.15, 0.2) is 6.04 Å². The molecule has 3 aromatic rings. The highest BCUT2D eigenvalue weighted by Crippen LogP contribution is 2.25. The Kier molecular flexibility index (Phi) is 5.03. The molecule has 1 atom stereocenters. The zero-order valence-electron chi connectivity index (χ0n) is 15.3. The molecule has 1 aliphatic heterocycles. The fourth-order valence-corrected chi connectivity index (χ4v) is 3.94. The third-order valence-electron chi connectivity index (χ3n) is 4.47. The van der Waals surface area contributed by atoms with E-state index in [0.29, 0.717) is 11.1 Å². The molecular formula is C20H20N5O2S+. The highest BCUT2D eigenvalue weighted by molar-refractivity contribution is 7.22. The molecule has 2 aromatic carbocycles. The molecule has 28 heavy (non-hydrogen) atoms. The number of carbonyl (C=O) groups excluding carboxylic acids is 2. The van der Waals surface area contributed by atoms with Crippen LogP contribution in [0.1, 0.15) is 18.9 Å². The lowest BCUT2D eigenvalue weighted by molar-refractivity contribution is -0.490. The molecule has 7 nitrogen and oxygen atoms in total. The van der Waals surface area contributed by atoms with Crippen molar-refractivity contribution in [2.45, 2.75) is 25.8 Å². The molecule has 142 valence electrons. The number of nitrogens with zero attached hydrogens (tertiary/aromatic N) is 1. The standard InChI is InChI=1S/C20H19N5O2S/c1-2-12-7-3-4-8-13(12)21-18(27)15-11-17(26)24-19(22-15)25-20-23-14-9-5-6-10-16(14)28-20/h3-10,15H,2,11H2,1H3,(H,21,27)(H2,22,23,24,25,26)/p+1/t15-/m0/s1. The highest BCUT2D eigenvalue weighted by atomic mass is 32.1. The van der Waals surface area contributed by atoms with Crippen LogP contribution in [0.2, 0.25) is 0 Å². The van der Waals surface area contributed by atoms with Gasteiger partial charge in [-0.25, -0.2) is 15.6 Å². The fourth-order valence-electron chi connectivity index (χ4n) is 3.07. The fraction of sp³-hybridized carbons (Fsp3) is 0.200. The molecule has 4 N–H and O–H groups in total. The number of guanidine groups is 1. The second-order valence-electron chi connectivity index (χ2n) is 6.44. The van der Waals surface area contributed by atoms with Crippen LogP contribution in [0.4, 0.5) is 10.8 Å². The largest absolute Gasteiger partial charge is 0.358 e. The first-order valence-electron chi connectivity index (χ1n) is 9.07. The zero-order chi connectivity index (χ0) is 19.5. The van der Waals surface area contributed by atoms with Crippen molar-refractivity contribution in [3.63, 3.8) is 0 Å². The van der Waals surface area contributed by atoms with E-state index in [1.165, 1.54) is 11.3 Å². The van der Waals surface area contributed by atoms with Crippen LogP contribution < -0.4 is 20.9 Å². The van der Waals surface area contributed by atoms with Crippen LogP contribution in [-0.2, 0) is 16.0 Å². The van der Waals surface area contributed by atoms with Crippen molar-refractivity contribution in [1.82, 2.24) is 10.3 Å². The van der Waals surface area contributed by atoms with Gasteiger partial charge in [-0.15, -0.1) is 0 Å². The van der Waals surface area contributed by atoms with E-state index in [1.54, 1.807) is 0 Å². The maximum absolute atomic E-state index is 12.7. The average Bonchev–Trinajstić information content (AvgIpc) is 3.10. The number of hydrogen-bond donors (Lipinski definition) is 4. The number of carbonyl (C=O) groups is 2. The predicted molar refractivity (Wildman–Crippen MR) is 110 cm³/mol. The van der Waals surface area contributed by atoms with Gasteiger partial charge in [0.25, 0.3) is 16.9 Å². The molecule has 0 saturated heterocycles. The molecule has 0 spiro atoms. The first-order valence-corrected chi connectivity index (χ1v) is 9.88. The van der Waals surface area contributed by atoms with Crippen molar-refractivity contribution >= 4 is 50.1 Å². The second kappa shape index (κ2) is 7.77. The van der Waals surface area contributed by atoms with Crippen LogP contribution in [-0.4, -0.2) is 28.8 Å². The molecule has 1 aliphatic rings. The molecule has 0 saturated carbocycles. The summed E-state index contributed by atoms with van der Waals surface area (Å²) in [4.78, 5) is 32.4. The minimum absolute atomic E-state index is 0.0607. The van der Waals surface area contributed by atoms with Gasteiger partial charge < -0.3 is 5.32 Å². The lowest BCUT2D eigenvalue weighted by Gasteiger charge is -2.17. The summed E-state index contributed by atoms with van der Waals surface area (Å²) in [7, 11) is 0. The molecule has 4 rings (SSSR count). The summed E-state index contributed by atoms with van der Waals surface area (Å²) in [5, 5.41) is 9.36. The maximum Gasteiger partial charge on any atom is 0.358 e. The third kappa shape index (κ3) is 3.86. The van der Waals surface area contributed by atoms with Crippen LogP contribution >= 0.6 is 11.3 Å². The SMILES string of the molecule is CCc1ccccc1NC(=O)[C@@H]1CC(=O)NC(Nc2nc3ccccc3s2)=[NH+]1. The van der Waals surface area contributed by atoms with E-state index in [2.05, 4.69) is 25.9 Å². The number of aryl methyl sites for hydroxylation is 1. The Balaban J connectivity index is 1.52. The van der Waals surface area contributed by atoms with E-state index >= 15 is 0 Å². The van der Waals surface area contributed by atoms with Gasteiger partial charge in [0, 0.05) is 5.69 Å². The molecular weight excluding hydrogens is 374 g/mol. The zero-order valence-corrected chi connectivity index (χ0v) is 16.1. The van der Waals surface area contributed by atoms with Gasteiger partial charge in [-0.2, -0.15) is 0 Å². The Hall–Kier alpha value is -3.26. The Morgan fingerprint density at radius 3 is 2.86 bits per heavy atom.